The standard InChI is InChI=1S/C7H11N5O/c1-4(6-9-11-12-10-6)8-7(13)5-2-3-5/h4-5H,2-3H2,1H3,(H,8,13)(H,9,10,11,12). The maximum absolute atomic E-state index is 11.3. The van der Waals surface area contributed by atoms with Gasteiger partial charge in [-0.25, -0.2) is 0 Å². The van der Waals surface area contributed by atoms with Crippen LogP contribution in [0, 0.1) is 5.92 Å². The third-order valence-corrected chi connectivity index (χ3v) is 2.06. The van der Waals surface area contributed by atoms with Crippen LogP contribution in [0.5, 0.6) is 0 Å². The number of hydrogen-bond acceptors (Lipinski definition) is 4. The number of H-pyrrole nitrogens is 1. The summed E-state index contributed by atoms with van der Waals surface area (Å²) in [6.45, 7) is 1.84. The molecule has 1 aromatic rings. The molecule has 1 aliphatic rings. The van der Waals surface area contributed by atoms with Gasteiger partial charge in [-0.05, 0) is 19.8 Å². The summed E-state index contributed by atoms with van der Waals surface area (Å²) in [5.41, 5.74) is 0. The Morgan fingerprint density at radius 2 is 2.46 bits per heavy atom. The van der Waals surface area contributed by atoms with Crippen molar-refractivity contribution in [2.75, 3.05) is 0 Å². The van der Waals surface area contributed by atoms with Crippen molar-refractivity contribution in [3.05, 3.63) is 5.82 Å². The first-order valence-electron chi connectivity index (χ1n) is 4.31. The van der Waals surface area contributed by atoms with E-state index in [1.54, 1.807) is 0 Å². The molecule has 6 heteroatoms. The summed E-state index contributed by atoms with van der Waals surface area (Å²) in [7, 11) is 0. The molecule has 2 N–H and O–H groups in total. The van der Waals surface area contributed by atoms with Gasteiger partial charge in [0.15, 0.2) is 5.82 Å². The SMILES string of the molecule is CC(NC(=O)C1CC1)c1nn[nH]n1. The molecule has 1 fully saturated rings. The zero-order valence-corrected chi connectivity index (χ0v) is 7.32. The number of carbonyl (C=O) groups excluding carboxylic acids is 1. The maximum Gasteiger partial charge on any atom is 0.223 e. The van der Waals surface area contributed by atoms with E-state index in [9.17, 15) is 4.79 Å². The smallest absolute Gasteiger partial charge is 0.223 e. The minimum atomic E-state index is -0.160. The van der Waals surface area contributed by atoms with Crippen molar-refractivity contribution in [3.8, 4) is 0 Å². The molecule has 1 heterocycles. The van der Waals surface area contributed by atoms with Gasteiger partial charge in [0.25, 0.3) is 0 Å². The van der Waals surface area contributed by atoms with Gasteiger partial charge in [0, 0.05) is 5.92 Å². The lowest BCUT2D eigenvalue weighted by Crippen LogP contribution is -2.28. The molecule has 1 unspecified atom stereocenters. The maximum atomic E-state index is 11.3. The molecule has 0 spiro atoms. The van der Waals surface area contributed by atoms with Crippen LogP contribution in [0.15, 0.2) is 0 Å². The van der Waals surface area contributed by atoms with Gasteiger partial charge in [0.2, 0.25) is 5.91 Å². The van der Waals surface area contributed by atoms with Gasteiger partial charge in [-0.3, -0.25) is 4.79 Å². The van der Waals surface area contributed by atoms with Gasteiger partial charge >= 0.3 is 0 Å². The Labute approximate surface area is 75.1 Å². The lowest BCUT2D eigenvalue weighted by Gasteiger charge is -2.08. The van der Waals surface area contributed by atoms with E-state index in [0.29, 0.717) is 5.82 Å². The summed E-state index contributed by atoms with van der Waals surface area (Å²) in [5, 5.41) is 16.2. The van der Waals surface area contributed by atoms with Crippen LogP contribution >= 0.6 is 0 Å². The minimum Gasteiger partial charge on any atom is -0.346 e. The van der Waals surface area contributed by atoms with Gasteiger partial charge in [-0.1, -0.05) is 5.21 Å². The monoisotopic (exact) mass is 181 g/mol. The summed E-state index contributed by atoms with van der Waals surface area (Å²) < 4.78 is 0. The van der Waals surface area contributed by atoms with Gasteiger partial charge in [-0.2, -0.15) is 5.21 Å². The summed E-state index contributed by atoms with van der Waals surface area (Å²) >= 11 is 0. The summed E-state index contributed by atoms with van der Waals surface area (Å²) in [4.78, 5) is 11.3. The molecular weight excluding hydrogens is 170 g/mol. The van der Waals surface area contributed by atoms with Gasteiger partial charge < -0.3 is 5.32 Å². The van der Waals surface area contributed by atoms with Crippen LogP contribution in [0.4, 0.5) is 0 Å². The van der Waals surface area contributed by atoms with E-state index in [0.717, 1.165) is 12.8 Å². The minimum absolute atomic E-state index is 0.0947. The quantitative estimate of drug-likeness (QED) is 0.675. The third kappa shape index (κ3) is 1.82. The molecule has 0 radical (unpaired) electrons. The molecular formula is C7H11N5O. The number of nitrogens with one attached hydrogen (secondary N) is 2. The van der Waals surface area contributed by atoms with Crippen LogP contribution < -0.4 is 5.32 Å². The number of rotatable bonds is 3. The zero-order chi connectivity index (χ0) is 9.26. The van der Waals surface area contributed by atoms with Crippen LogP contribution in [-0.4, -0.2) is 26.5 Å². The van der Waals surface area contributed by atoms with Crippen LogP contribution in [0.25, 0.3) is 0 Å². The Hall–Kier alpha value is -1.46. The molecule has 0 aromatic carbocycles. The Morgan fingerprint density at radius 3 is 3.00 bits per heavy atom. The zero-order valence-electron chi connectivity index (χ0n) is 7.32. The second-order valence-corrected chi connectivity index (χ2v) is 3.27. The van der Waals surface area contributed by atoms with Crippen molar-refractivity contribution in [3.63, 3.8) is 0 Å². The Morgan fingerprint density at radius 1 is 1.69 bits per heavy atom. The highest BCUT2D eigenvalue weighted by Crippen LogP contribution is 2.29. The Kier molecular flexibility index (Phi) is 1.96. The second-order valence-electron chi connectivity index (χ2n) is 3.27. The molecule has 1 amide bonds. The van der Waals surface area contributed by atoms with Crippen molar-refractivity contribution < 1.29 is 4.79 Å². The van der Waals surface area contributed by atoms with Crippen molar-refractivity contribution in [2.45, 2.75) is 25.8 Å². The van der Waals surface area contributed by atoms with Crippen molar-refractivity contribution in [1.82, 2.24) is 25.9 Å². The Balaban J connectivity index is 1.90. The first-order valence-corrected chi connectivity index (χ1v) is 4.31. The number of carbonyl (C=O) groups is 1. The molecule has 70 valence electrons. The predicted molar refractivity (Wildman–Crippen MR) is 43.5 cm³/mol. The van der Waals surface area contributed by atoms with E-state index >= 15 is 0 Å². The van der Waals surface area contributed by atoms with Crippen LogP contribution in [0.1, 0.15) is 31.6 Å². The molecule has 1 aromatic heterocycles. The van der Waals surface area contributed by atoms with E-state index in [-0.39, 0.29) is 17.9 Å². The van der Waals surface area contributed by atoms with Gasteiger partial charge in [-0.15, -0.1) is 10.2 Å². The highest BCUT2D eigenvalue weighted by molar-refractivity contribution is 5.81. The summed E-state index contributed by atoms with van der Waals surface area (Å²) in [6.07, 6.45) is 2.01. The van der Waals surface area contributed by atoms with Crippen LogP contribution in [0.2, 0.25) is 0 Å². The normalized spacial score (nSPS) is 18.2. The fraction of sp³-hybridized carbons (Fsp3) is 0.714. The number of amides is 1. The summed E-state index contributed by atoms with van der Waals surface area (Å²) in [6, 6.07) is -0.160. The molecule has 6 nitrogen and oxygen atoms in total. The van der Waals surface area contributed by atoms with Crippen LogP contribution in [-0.2, 0) is 4.79 Å². The topological polar surface area (TPSA) is 83.6 Å². The third-order valence-electron chi connectivity index (χ3n) is 2.06. The van der Waals surface area contributed by atoms with E-state index in [4.69, 9.17) is 0 Å². The molecule has 13 heavy (non-hydrogen) atoms. The molecule has 1 saturated carbocycles. The number of aromatic amines is 1. The molecule has 0 saturated heterocycles. The molecule has 1 atom stereocenters. The number of hydrogen-bond donors (Lipinski definition) is 2. The molecule has 2 rings (SSSR count). The van der Waals surface area contributed by atoms with Crippen molar-refractivity contribution >= 4 is 5.91 Å². The lowest BCUT2D eigenvalue weighted by atomic mass is 10.3. The molecule has 0 aliphatic heterocycles. The van der Waals surface area contributed by atoms with Crippen molar-refractivity contribution in [2.24, 2.45) is 5.92 Å². The van der Waals surface area contributed by atoms with Gasteiger partial charge in [0.1, 0.15) is 0 Å². The second kappa shape index (κ2) is 3.12. The fourth-order valence-corrected chi connectivity index (χ4v) is 1.09. The molecule has 1 aliphatic carbocycles. The lowest BCUT2D eigenvalue weighted by molar-refractivity contribution is -0.123. The van der Waals surface area contributed by atoms with E-state index in [1.807, 2.05) is 6.92 Å². The number of nitrogens with zero attached hydrogens (tertiary/aromatic N) is 3. The fourth-order valence-electron chi connectivity index (χ4n) is 1.09. The van der Waals surface area contributed by atoms with E-state index in [2.05, 4.69) is 25.9 Å². The van der Waals surface area contributed by atoms with Gasteiger partial charge in [0.05, 0.1) is 6.04 Å². The van der Waals surface area contributed by atoms with Crippen molar-refractivity contribution in [1.29, 1.82) is 0 Å². The largest absolute Gasteiger partial charge is 0.346 e. The number of aromatic nitrogens is 4. The number of tetrazole rings is 1. The van der Waals surface area contributed by atoms with E-state index < -0.39 is 0 Å². The average Bonchev–Trinajstić information content (AvgIpc) is 2.81. The summed E-state index contributed by atoms with van der Waals surface area (Å²) in [5.74, 6) is 0.834. The highest BCUT2D eigenvalue weighted by atomic mass is 16.2. The van der Waals surface area contributed by atoms with E-state index in [1.165, 1.54) is 0 Å². The highest BCUT2D eigenvalue weighted by Gasteiger charge is 2.30. The first-order chi connectivity index (χ1) is 6.27. The Bertz CT molecular complexity index is 292. The average molecular weight is 181 g/mol. The predicted octanol–water partition coefficient (Wildman–Crippen LogP) is -0.213. The van der Waals surface area contributed by atoms with Crippen LogP contribution in [0.3, 0.4) is 0 Å². The first kappa shape index (κ1) is 8.15. The molecule has 0 bridgehead atoms.